The van der Waals surface area contributed by atoms with Crippen molar-refractivity contribution < 1.29 is 18.0 Å². The number of tetrazole rings is 1. The zero-order valence-corrected chi connectivity index (χ0v) is 14.5. The zero-order chi connectivity index (χ0) is 19.4. The van der Waals surface area contributed by atoms with Gasteiger partial charge in [-0.2, -0.15) is 18.0 Å². The van der Waals surface area contributed by atoms with Gasteiger partial charge in [-0.15, -0.1) is 10.2 Å². The molecule has 1 heterocycles. The molecule has 0 atom stereocenters. The van der Waals surface area contributed by atoms with Gasteiger partial charge in [-0.05, 0) is 35.0 Å². The van der Waals surface area contributed by atoms with Gasteiger partial charge in [0, 0.05) is 17.1 Å². The van der Waals surface area contributed by atoms with Gasteiger partial charge in [0.25, 0.3) is 0 Å². The van der Waals surface area contributed by atoms with Gasteiger partial charge in [0.2, 0.25) is 11.7 Å². The SMILES string of the molecule is O=C(Cn1nnc(-c2cccc(C(F)(F)F)c2)n1)NCc1ccc(Cl)cc1. The van der Waals surface area contributed by atoms with Crippen LogP contribution in [0, 0.1) is 0 Å². The first kappa shape index (κ1) is 18.8. The maximum atomic E-state index is 12.8. The number of hydrogen-bond acceptors (Lipinski definition) is 4. The van der Waals surface area contributed by atoms with E-state index in [4.69, 9.17) is 11.6 Å². The van der Waals surface area contributed by atoms with E-state index in [-0.39, 0.29) is 23.8 Å². The standard InChI is InChI=1S/C17H13ClF3N5O/c18-14-6-4-11(5-7-14)9-22-15(27)10-26-24-16(23-25-26)12-2-1-3-13(8-12)17(19,20)21/h1-8H,9-10H2,(H,22,27). The fourth-order valence-electron chi connectivity index (χ4n) is 2.25. The summed E-state index contributed by atoms with van der Waals surface area (Å²) in [5.74, 6) is -0.357. The van der Waals surface area contributed by atoms with Gasteiger partial charge < -0.3 is 5.32 Å². The molecule has 0 fully saturated rings. The van der Waals surface area contributed by atoms with E-state index in [0.29, 0.717) is 11.6 Å². The molecule has 3 aromatic rings. The Bertz CT molecular complexity index is 940. The van der Waals surface area contributed by atoms with Crippen LogP contribution in [0.3, 0.4) is 0 Å². The van der Waals surface area contributed by atoms with Crippen molar-refractivity contribution in [2.45, 2.75) is 19.3 Å². The highest BCUT2D eigenvalue weighted by Crippen LogP contribution is 2.31. The quantitative estimate of drug-likeness (QED) is 0.719. The number of carbonyl (C=O) groups is 1. The summed E-state index contributed by atoms with van der Waals surface area (Å²) < 4.78 is 38.4. The molecule has 0 bridgehead atoms. The molecule has 0 unspecified atom stereocenters. The summed E-state index contributed by atoms with van der Waals surface area (Å²) in [5, 5.41) is 14.7. The predicted molar refractivity (Wildman–Crippen MR) is 91.6 cm³/mol. The lowest BCUT2D eigenvalue weighted by atomic mass is 10.1. The largest absolute Gasteiger partial charge is 0.416 e. The molecule has 0 radical (unpaired) electrons. The van der Waals surface area contributed by atoms with Gasteiger partial charge in [0.05, 0.1) is 5.56 Å². The lowest BCUT2D eigenvalue weighted by Gasteiger charge is -2.06. The molecule has 0 aliphatic carbocycles. The lowest BCUT2D eigenvalue weighted by Crippen LogP contribution is -2.28. The molecule has 0 aliphatic heterocycles. The van der Waals surface area contributed by atoms with Crippen LogP contribution in [0.5, 0.6) is 0 Å². The number of halogens is 4. The van der Waals surface area contributed by atoms with Crippen LogP contribution in [0.4, 0.5) is 13.2 Å². The zero-order valence-electron chi connectivity index (χ0n) is 13.7. The Kier molecular flexibility index (Phi) is 5.41. The van der Waals surface area contributed by atoms with E-state index in [9.17, 15) is 18.0 Å². The summed E-state index contributed by atoms with van der Waals surface area (Å²) >= 11 is 5.79. The van der Waals surface area contributed by atoms with E-state index in [1.54, 1.807) is 24.3 Å². The molecule has 3 rings (SSSR count). The number of carbonyl (C=O) groups excluding carboxylic acids is 1. The van der Waals surface area contributed by atoms with E-state index in [1.165, 1.54) is 12.1 Å². The number of nitrogens with zero attached hydrogens (tertiary/aromatic N) is 4. The van der Waals surface area contributed by atoms with Gasteiger partial charge in [-0.25, -0.2) is 0 Å². The Labute approximate surface area is 157 Å². The molecule has 0 saturated heterocycles. The van der Waals surface area contributed by atoms with Gasteiger partial charge in [-0.1, -0.05) is 35.9 Å². The summed E-state index contributed by atoms with van der Waals surface area (Å²) in [7, 11) is 0. The first-order valence-electron chi connectivity index (χ1n) is 7.78. The summed E-state index contributed by atoms with van der Waals surface area (Å²) in [4.78, 5) is 13.0. The monoisotopic (exact) mass is 395 g/mol. The Morgan fingerprint density at radius 1 is 1.15 bits per heavy atom. The van der Waals surface area contributed by atoms with Crippen LogP contribution in [0.2, 0.25) is 5.02 Å². The molecule has 2 aromatic carbocycles. The number of aromatic nitrogens is 4. The van der Waals surface area contributed by atoms with E-state index in [0.717, 1.165) is 22.5 Å². The van der Waals surface area contributed by atoms with E-state index in [2.05, 4.69) is 20.7 Å². The molecule has 140 valence electrons. The fraction of sp³-hybridized carbons (Fsp3) is 0.176. The average Bonchev–Trinajstić information content (AvgIpc) is 3.09. The normalized spacial score (nSPS) is 11.4. The molecular weight excluding hydrogens is 383 g/mol. The molecule has 0 saturated carbocycles. The average molecular weight is 396 g/mol. The first-order valence-corrected chi connectivity index (χ1v) is 8.15. The van der Waals surface area contributed by atoms with Gasteiger partial charge in [-0.3, -0.25) is 4.79 Å². The van der Waals surface area contributed by atoms with Crippen molar-refractivity contribution in [1.82, 2.24) is 25.5 Å². The smallest absolute Gasteiger partial charge is 0.350 e. The molecule has 1 aromatic heterocycles. The number of rotatable bonds is 5. The molecule has 10 heteroatoms. The van der Waals surface area contributed by atoms with Crippen molar-refractivity contribution >= 4 is 17.5 Å². The van der Waals surface area contributed by atoms with Crippen LogP contribution >= 0.6 is 11.6 Å². The highest BCUT2D eigenvalue weighted by molar-refractivity contribution is 6.30. The minimum absolute atomic E-state index is 0.00611. The molecule has 27 heavy (non-hydrogen) atoms. The summed E-state index contributed by atoms with van der Waals surface area (Å²) in [6.45, 7) is 0.0880. The minimum atomic E-state index is -4.46. The Morgan fingerprint density at radius 3 is 2.59 bits per heavy atom. The molecule has 1 amide bonds. The summed E-state index contributed by atoms with van der Waals surface area (Å²) in [5.41, 5.74) is 0.221. The third-order valence-corrected chi connectivity index (χ3v) is 3.84. The van der Waals surface area contributed by atoms with Crippen molar-refractivity contribution in [2.75, 3.05) is 0 Å². The lowest BCUT2D eigenvalue weighted by molar-refractivity contribution is -0.137. The third-order valence-electron chi connectivity index (χ3n) is 3.59. The number of alkyl halides is 3. The summed E-state index contributed by atoms with van der Waals surface area (Å²) in [6, 6.07) is 11.6. The van der Waals surface area contributed by atoms with Crippen molar-refractivity contribution in [3.05, 3.63) is 64.7 Å². The van der Waals surface area contributed by atoms with Crippen LogP contribution in [0.1, 0.15) is 11.1 Å². The minimum Gasteiger partial charge on any atom is -0.350 e. The number of benzene rings is 2. The Hall–Kier alpha value is -2.94. The molecule has 0 spiro atoms. The maximum absolute atomic E-state index is 12.8. The second-order valence-corrected chi connectivity index (χ2v) is 6.06. The van der Waals surface area contributed by atoms with Gasteiger partial charge in [0.1, 0.15) is 6.54 Å². The molecular formula is C17H13ClF3N5O. The van der Waals surface area contributed by atoms with Crippen LogP contribution in [-0.2, 0) is 24.1 Å². The van der Waals surface area contributed by atoms with E-state index in [1.807, 2.05) is 0 Å². The Morgan fingerprint density at radius 2 is 1.89 bits per heavy atom. The maximum Gasteiger partial charge on any atom is 0.416 e. The summed E-state index contributed by atoms with van der Waals surface area (Å²) in [6.07, 6.45) is -4.46. The first-order chi connectivity index (χ1) is 12.8. The fourth-order valence-corrected chi connectivity index (χ4v) is 2.37. The highest BCUT2D eigenvalue weighted by Gasteiger charge is 2.30. The Balaban J connectivity index is 1.62. The van der Waals surface area contributed by atoms with Crippen molar-refractivity contribution in [2.24, 2.45) is 0 Å². The number of nitrogens with one attached hydrogen (secondary N) is 1. The van der Waals surface area contributed by atoms with E-state index >= 15 is 0 Å². The van der Waals surface area contributed by atoms with Gasteiger partial charge in [0.15, 0.2) is 0 Å². The van der Waals surface area contributed by atoms with Crippen molar-refractivity contribution in [3.63, 3.8) is 0 Å². The van der Waals surface area contributed by atoms with Crippen LogP contribution in [0.15, 0.2) is 48.5 Å². The number of amides is 1. The predicted octanol–water partition coefficient (Wildman–Crippen LogP) is 3.33. The van der Waals surface area contributed by atoms with Gasteiger partial charge >= 0.3 is 6.18 Å². The second-order valence-electron chi connectivity index (χ2n) is 5.63. The molecule has 1 N–H and O–H groups in total. The van der Waals surface area contributed by atoms with Crippen LogP contribution < -0.4 is 5.32 Å². The van der Waals surface area contributed by atoms with Crippen molar-refractivity contribution in [3.8, 4) is 11.4 Å². The topological polar surface area (TPSA) is 72.7 Å². The van der Waals surface area contributed by atoms with E-state index < -0.39 is 11.7 Å². The highest BCUT2D eigenvalue weighted by atomic mass is 35.5. The molecule has 0 aliphatic rings. The van der Waals surface area contributed by atoms with Crippen LogP contribution in [0.25, 0.3) is 11.4 Å². The van der Waals surface area contributed by atoms with Crippen LogP contribution in [-0.4, -0.2) is 26.1 Å². The molecule has 6 nitrogen and oxygen atoms in total. The number of hydrogen-bond donors (Lipinski definition) is 1. The second kappa shape index (κ2) is 7.75. The van der Waals surface area contributed by atoms with Crippen molar-refractivity contribution in [1.29, 1.82) is 0 Å². The third kappa shape index (κ3) is 5.04.